The average Bonchev–Trinajstić information content (AvgIpc) is 2.93. The fraction of sp³-hybridized carbons (Fsp3) is 0.450. The summed E-state index contributed by atoms with van der Waals surface area (Å²) in [5, 5.41) is 9.22. The minimum absolute atomic E-state index is 0.0127. The van der Waals surface area contributed by atoms with Crippen LogP contribution in [0.15, 0.2) is 29.2 Å². The van der Waals surface area contributed by atoms with Crippen molar-refractivity contribution in [2.45, 2.75) is 38.1 Å². The Labute approximate surface area is 173 Å². The van der Waals surface area contributed by atoms with Crippen molar-refractivity contribution in [1.82, 2.24) is 9.80 Å². The Morgan fingerprint density at radius 1 is 1.39 bits per heavy atom. The van der Waals surface area contributed by atoms with Crippen LogP contribution in [0, 0.1) is 5.82 Å². The van der Waals surface area contributed by atoms with E-state index in [4.69, 9.17) is 12.2 Å². The Morgan fingerprint density at radius 3 is 2.96 bits per heavy atom. The molecule has 8 heteroatoms. The average molecular weight is 423 g/mol. The molecule has 0 radical (unpaired) electrons. The maximum absolute atomic E-state index is 13.3. The van der Waals surface area contributed by atoms with E-state index in [9.17, 15) is 19.1 Å². The summed E-state index contributed by atoms with van der Waals surface area (Å²) >= 11 is 6.47. The first kappa shape index (κ1) is 21.0. The number of aliphatic hydroxyl groups is 1. The zero-order valence-corrected chi connectivity index (χ0v) is 17.1. The predicted molar refractivity (Wildman–Crippen MR) is 112 cm³/mol. The molecule has 0 aliphatic carbocycles. The van der Waals surface area contributed by atoms with Crippen LogP contribution in [0.4, 0.5) is 4.39 Å². The van der Waals surface area contributed by atoms with Gasteiger partial charge in [-0.15, -0.1) is 0 Å². The number of likely N-dealkylation sites (tertiary alicyclic amines) is 1. The summed E-state index contributed by atoms with van der Waals surface area (Å²) in [7, 11) is 0. The van der Waals surface area contributed by atoms with Gasteiger partial charge in [-0.2, -0.15) is 0 Å². The molecule has 28 heavy (non-hydrogen) atoms. The number of thiocarbonyl (C=S) groups is 1. The van der Waals surface area contributed by atoms with Crippen LogP contribution in [0.25, 0.3) is 6.08 Å². The predicted octanol–water partition coefficient (Wildman–Crippen LogP) is 3.18. The van der Waals surface area contributed by atoms with E-state index >= 15 is 0 Å². The second kappa shape index (κ2) is 9.62. The Bertz CT molecular complexity index is 797. The van der Waals surface area contributed by atoms with Crippen molar-refractivity contribution >= 4 is 46.2 Å². The topological polar surface area (TPSA) is 60.9 Å². The Hall–Kier alpha value is -1.77. The van der Waals surface area contributed by atoms with Gasteiger partial charge < -0.3 is 10.0 Å². The van der Waals surface area contributed by atoms with Crippen molar-refractivity contribution in [3.05, 3.63) is 40.6 Å². The molecule has 0 unspecified atom stereocenters. The summed E-state index contributed by atoms with van der Waals surface area (Å²) in [6.45, 7) is 0.988. The maximum Gasteiger partial charge on any atom is 0.266 e. The van der Waals surface area contributed by atoms with Crippen LogP contribution in [-0.4, -0.2) is 56.8 Å². The molecular weight excluding hydrogens is 399 g/mol. The Kier molecular flexibility index (Phi) is 7.20. The van der Waals surface area contributed by atoms with E-state index in [2.05, 4.69) is 0 Å². The van der Waals surface area contributed by atoms with E-state index in [1.165, 1.54) is 28.8 Å². The van der Waals surface area contributed by atoms with Crippen molar-refractivity contribution in [3.63, 3.8) is 0 Å². The van der Waals surface area contributed by atoms with Gasteiger partial charge in [0.15, 0.2) is 0 Å². The zero-order valence-electron chi connectivity index (χ0n) is 15.5. The molecule has 2 aliphatic rings. The van der Waals surface area contributed by atoms with E-state index in [-0.39, 0.29) is 43.2 Å². The Balaban J connectivity index is 1.62. The molecule has 0 bridgehead atoms. The number of carbonyl (C=O) groups is 2. The van der Waals surface area contributed by atoms with E-state index in [1.54, 1.807) is 18.2 Å². The maximum atomic E-state index is 13.3. The number of halogens is 1. The van der Waals surface area contributed by atoms with Gasteiger partial charge in [0, 0.05) is 32.2 Å². The molecule has 1 aromatic carbocycles. The molecule has 2 aliphatic heterocycles. The molecule has 2 amide bonds. The van der Waals surface area contributed by atoms with Crippen LogP contribution in [0.2, 0.25) is 0 Å². The van der Waals surface area contributed by atoms with Crippen molar-refractivity contribution < 1.29 is 19.1 Å². The molecule has 2 saturated heterocycles. The van der Waals surface area contributed by atoms with Crippen molar-refractivity contribution in [2.24, 2.45) is 0 Å². The number of amides is 2. The third kappa shape index (κ3) is 4.98. The van der Waals surface area contributed by atoms with Gasteiger partial charge in [-0.25, -0.2) is 4.39 Å². The molecule has 2 fully saturated rings. The molecule has 150 valence electrons. The minimum atomic E-state index is -0.367. The van der Waals surface area contributed by atoms with Gasteiger partial charge in [0.05, 0.1) is 4.91 Å². The van der Waals surface area contributed by atoms with Crippen LogP contribution < -0.4 is 0 Å². The number of carbonyl (C=O) groups excluding carboxylic acids is 2. The summed E-state index contributed by atoms with van der Waals surface area (Å²) in [6, 6.07) is 6.08. The molecule has 1 aromatic rings. The fourth-order valence-corrected chi connectivity index (χ4v) is 4.88. The van der Waals surface area contributed by atoms with Gasteiger partial charge in [0.1, 0.15) is 10.1 Å². The largest absolute Gasteiger partial charge is 0.396 e. The number of benzene rings is 1. The normalized spacial score (nSPS) is 21.6. The molecule has 2 heterocycles. The Morgan fingerprint density at radius 2 is 2.21 bits per heavy atom. The van der Waals surface area contributed by atoms with Gasteiger partial charge in [-0.05, 0) is 49.5 Å². The second-order valence-corrected chi connectivity index (χ2v) is 8.56. The number of rotatable bonds is 6. The van der Waals surface area contributed by atoms with Gasteiger partial charge >= 0.3 is 0 Å². The summed E-state index contributed by atoms with van der Waals surface area (Å²) in [5.41, 5.74) is 0.594. The molecule has 5 nitrogen and oxygen atoms in total. The van der Waals surface area contributed by atoms with Gasteiger partial charge in [-0.1, -0.05) is 36.1 Å². The third-order valence-electron chi connectivity index (χ3n) is 4.98. The first-order valence-corrected chi connectivity index (χ1v) is 10.6. The van der Waals surface area contributed by atoms with E-state index < -0.39 is 0 Å². The third-order valence-corrected chi connectivity index (χ3v) is 6.36. The highest BCUT2D eigenvalue weighted by Gasteiger charge is 2.33. The quantitative estimate of drug-likeness (QED) is 0.564. The van der Waals surface area contributed by atoms with Gasteiger partial charge in [0.25, 0.3) is 5.91 Å². The monoisotopic (exact) mass is 422 g/mol. The van der Waals surface area contributed by atoms with Crippen molar-refractivity contribution in [2.75, 3.05) is 19.7 Å². The lowest BCUT2D eigenvalue weighted by molar-refractivity contribution is -0.135. The standard InChI is InChI=1S/C20H23FN2O3S2/c21-15-5-3-4-14(12-15)13-17-19(26)23(20(27)28-17)10-7-18(25)22-9-2-1-6-16(22)8-11-24/h3-5,12-13,16,24H,1-2,6-11H2/b17-13-/t16-/m0/s1. The van der Waals surface area contributed by atoms with Crippen molar-refractivity contribution in [1.29, 1.82) is 0 Å². The lowest BCUT2D eigenvalue weighted by Crippen LogP contribution is -2.45. The van der Waals surface area contributed by atoms with E-state index in [0.717, 1.165) is 19.3 Å². The highest BCUT2D eigenvalue weighted by atomic mass is 32.2. The molecule has 1 N–H and O–H groups in total. The number of piperidine rings is 1. The minimum Gasteiger partial charge on any atom is -0.396 e. The van der Waals surface area contributed by atoms with Crippen LogP contribution >= 0.6 is 24.0 Å². The van der Waals surface area contributed by atoms with Crippen LogP contribution in [0.5, 0.6) is 0 Å². The molecule has 3 rings (SSSR count). The van der Waals surface area contributed by atoms with Gasteiger partial charge in [-0.3, -0.25) is 14.5 Å². The number of aliphatic hydroxyl groups excluding tert-OH is 1. The number of thioether (sulfide) groups is 1. The molecular formula is C20H23FN2O3S2. The number of nitrogens with zero attached hydrogens (tertiary/aromatic N) is 2. The van der Waals surface area contributed by atoms with Crippen LogP contribution in [-0.2, 0) is 9.59 Å². The lowest BCUT2D eigenvalue weighted by atomic mass is 9.99. The zero-order chi connectivity index (χ0) is 20.1. The SMILES string of the molecule is O=C1/C(=C/c2cccc(F)c2)SC(=S)N1CCC(=O)N1CCCC[C@H]1CCO. The first-order valence-electron chi connectivity index (χ1n) is 9.41. The fourth-order valence-electron chi connectivity index (χ4n) is 3.57. The first-order chi connectivity index (χ1) is 13.5. The second-order valence-electron chi connectivity index (χ2n) is 6.89. The van der Waals surface area contributed by atoms with Crippen LogP contribution in [0.3, 0.4) is 0 Å². The summed E-state index contributed by atoms with van der Waals surface area (Å²) in [4.78, 5) is 29.0. The summed E-state index contributed by atoms with van der Waals surface area (Å²) in [6.07, 6.45) is 5.33. The van der Waals surface area contributed by atoms with E-state index in [1.807, 2.05) is 4.90 Å². The van der Waals surface area contributed by atoms with Gasteiger partial charge in [0.2, 0.25) is 5.91 Å². The van der Waals surface area contributed by atoms with Crippen LogP contribution in [0.1, 0.15) is 37.7 Å². The highest BCUT2D eigenvalue weighted by Crippen LogP contribution is 2.33. The molecule has 0 spiro atoms. The number of hydrogen-bond donors (Lipinski definition) is 1. The molecule has 0 aromatic heterocycles. The summed E-state index contributed by atoms with van der Waals surface area (Å²) < 4.78 is 13.8. The highest BCUT2D eigenvalue weighted by molar-refractivity contribution is 8.26. The molecule has 1 atom stereocenters. The lowest BCUT2D eigenvalue weighted by Gasteiger charge is -2.36. The smallest absolute Gasteiger partial charge is 0.266 e. The van der Waals surface area contributed by atoms with E-state index in [0.29, 0.717) is 27.8 Å². The van der Waals surface area contributed by atoms with Crippen molar-refractivity contribution in [3.8, 4) is 0 Å². The summed E-state index contributed by atoms with van der Waals surface area (Å²) in [5.74, 6) is -0.632. The number of hydrogen-bond acceptors (Lipinski definition) is 5. The molecule has 0 saturated carbocycles.